The van der Waals surface area contributed by atoms with Crippen molar-refractivity contribution in [2.75, 3.05) is 5.32 Å². The average molecular weight is 256 g/mol. The van der Waals surface area contributed by atoms with Gasteiger partial charge in [0.15, 0.2) is 0 Å². The van der Waals surface area contributed by atoms with Crippen LogP contribution in [0, 0.1) is 0 Å². The summed E-state index contributed by atoms with van der Waals surface area (Å²) in [6, 6.07) is 4.38. The molecule has 0 heterocycles. The fourth-order valence-corrected chi connectivity index (χ4v) is 2.21. The summed E-state index contributed by atoms with van der Waals surface area (Å²) < 4.78 is 0. The Morgan fingerprint density at radius 3 is 2.65 bits per heavy atom. The van der Waals surface area contributed by atoms with Gasteiger partial charge in [-0.25, -0.2) is 0 Å². The van der Waals surface area contributed by atoms with Gasteiger partial charge < -0.3 is 15.5 Å². The first kappa shape index (κ1) is 12.2. The van der Waals surface area contributed by atoms with Crippen molar-refractivity contribution in [3.63, 3.8) is 0 Å². The summed E-state index contributed by atoms with van der Waals surface area (Å²) in [7, 11) is 0. The SMILES string of the molecule is O=C(Nc1cc(Cl)ccc1O)C1(O)CCCC1. The molecule has 3 N–H and O–H groups in total. The second-order valence-electron chi connectivity index (χ2n) is 4.35. The molecule has 0 bridgehead atoms. The largest absolute Gasteiger partial charge is 0.506 e. The Labute approximate surface area is 104 Å². The topological polar surface area (TPSA) is 69.6 Å². The molecular formula is C12H14ClNO3. The lowest BCUT2D eigenvalue weighted by Crippen LogP contribution is -2.40. The van der Waals surface area contributed by atoms with E-state index in [0.29, 0.717) is 17.9 Å². The third kappa shape index (κ3) is 2.53. The van der Waals surface area contributed by atoms with E-state index in [4.69, 9.17) is 11.6 Å². The minimum Gasteiger partial charge on any atom is -0.506 e. The molecule has 1 aliphatic carbocycles. The summed E-state index contributed by atoms with van der Waals surface area (Å²) in [5.74, 6) is -0.545. The number of phenols is 1. The van der Waals surface area contributed by atoms with Crippen LogP contribution in [-0.2, 0) is 4.79 Å². The lowest BCUT2D eigenvalue weighted by Gasteiger charge is -2.21. The Hall–Kier alpha value is -1.26. The van der Waals surface area contributed by atoms with Crippen molar-refractivity contribution in [1.29, 1.82) is 0 Å². The number of nitrogens with one attached hydrogen (secondary N) is 1. The molecule has 1 aromatic carbocycles. The smallest absolute Gasteiger partial charge is 0.256 e. The first-order chi connectivity index (χ1) is 8.01. The lowest BCUT2D eigenvalue weighted by molar-refractivity contribution is -0.133. The van der Waals surface area contributed by atoms with E-state index in [-0.39, 0.29) is 11.4 Å². The van der Waals surface area contributed by atoms with Gasteiger partial charge in [0.1, 0.15) is 11.4 Å². The van der Waals surface area contributed by atoms with E-state index < -0.39 is 11.5 Å². The van der Waals surface area contributed by atoms with E-state index in [1.165, 1.54) is 18.2 Å². The molecule has 1 aliphatic rings. The molecule has 1 aromatic rings. The number of carbonyl (C=O) groups is 1. The molecule has 5 heteroatoms. The van der Waals surface area contributed by atoms with E-state index in [1.807, 2.05) is 0 Å². The lowest BCUT2D eigenvalue weighted by atomic mass is 10.0. The van der Waals surface area contributed by atoms with Crippen LogP contribution in [0.15, 0.2) is 18.2 Å². The second kappa shape index (κ2) is 4.55. The highest BCUT2D eigenvalue weighted by molar-refractivity contribution is 6.31. The first-order valence-corrected chi connectivity index (χ1v) is 5.91. The highest BCUT2D eigenvalue weighted by Crippen LogP contribution is 2.32. The summed E-state index contributed by atoms with van der Waals surface area (Å²) in [6.07, 6.45) is 2.59. The molecule has 2 rings (SSSR count). The van der Waals surface area contributed by atoms with Gasteiger partial charge in [-0.15, -0.1) is 0 Å². The van der Waals surface area contributed by atoms with Crippen LogP contribution in [0.4, 0.5) is 5.69 Å². The van der Waals surface area contributed by atoms with Crippen molar-refractivity contribution in [2.24, 2.45) is 0 Å². The maximum absolute atomic E-state index is 11.9. The summed E-state index contributed by atoms with van der Waals surface area (Å²) in [5, 5.41) is 22.5. The Kier molecular flexibility index (Phi) is 3.26. The Bertz CT molecular complexity index is 441. The number of rotatable bonds is 2. The molecule has 17 heavy (non-hydrogen) atoms. The van der Waals surface area contributed by atoms with Crippen LogP contribution >= 0.6 is 11.6 Å². The summed E-state index contributed by atoms with van der Waals surface area (Å²) in [6.45, 7) is 0. The number of aliphatic hydroxyl groups is 1. The van der Waals surface area contributed by atoms with Gasteiger partial charge >= 0.3 is 0 Å². The van der Waals surface area contributed by atoms with E-state index in [9.17, 15) is 15.0 Å². The van der Waals surface area contributed by atoms with Crippen LogP contribution in [0.1, 0.15) is 25.7 Å². The van der Waals surface area contributed by atoms with E-state index in [1.54, 1.807) is 0 Å². The molecule has 1 amide bonds. The first-order valence-electron chi connectivity index (χ1n) is 5.54. The van der Waals surface area contributed by atoms with Crippen molar-refractivity contribution in [2.45, 2.75) is 31.3 Å². The number of hydrogen-bond donors (Lipinski definition) is 3. The predicted octanol–water partition coefficient (Wildman–Crippen LogP) is 2.29. The average Bonchev–Trinajstić information content (AvgIpc) is 2.72. The summed E-state index contributed by atoms with van der Waals surface area (Å²) in [4.78, 5) is 11.9. The third-order valence-corrected chi connectivity index (χ3v) is 3.30. The molecule has 0 spiro atoms. The monoisotopic (exact) mass is 255 g/mol. The van der Waals surface area contributed by atoms with E-state index >= 15 is 0 Å². The van der Waals surface area contributed by atoms with Crippen LogP contribution in [0.25, 0.3) is 0 Å². The van der Waals surface area contributed by atoms with Crippen molar-refractivity contribution < 1.29 is 15.0 Å². The molecule has 4 nitrogen and oxygen atoms in total. The summed E-state index contributed by atoms with van der Waals surface area (Å²) >= 11 is 5.77. The van der Waals surface area contributed by atoms with Crippen LogP contribution in [0.2, 0.25) is 5.02 Å². The molecule has 0 saturated heterocycles. The Balaban J connectivity index is 2.15. The number of benzene rings is 1. The normalized spacial score (nSPS) is 18.0. The quantitative estimate of drug-likeness (QED) is 0.710. The standard InChI is InChI=1S/C12H14ClNO3/c13-8-3-4-10(15)9(7-8)14-11(16)12(17)5-1-2-6-12/h3-4,7,15,17H,1-2,5-6H2,(H,14,16). The van der Waals surface area contributed by atoms with Gasteiger partial charge in [-0.05, 0) is 43.9 Å². The zero-order valence-electron chi connectivity index (χ0n) is 9.24. The molecule has 0 aromatic heterocycles. The van der Waals surface area contributed by atoms with Gasteiger partial charge in [0, 0.05) is 5.02 Å². The third-order valence-electron chi connectivity index (χ3n) is 3.06. The van der Waals surface area contributed by atoms with Gasteiger partial charge in [0.2, 0.25) is 0 Å². The molecule has 0 unspecified atom stereocenters. The van der Waals surface area contributed by atoms with Crippen LogP contribution < -0.4 is 5.32 Å². The fourth-order valence-electron chi connectivity index (χ4n) is 2.03. The Morgan fingerprint density at radius 1 is 1.35 bits per heavy atom. The molecule has 0 radical (unpaired) electrons. The number of carbonyl (C=O) groups excluding carboxylic acids is 1. The van der Waals surface area contributed by atoms with Crippen molar-refractivity contribution in [3.8, 4) is 5.75 Å². The highest BCUT2D eigenvalue weighted by atomic mass is 35.5. The number of aromatic hydroxyl groups is 1. The molecule has 92 valence electrons. The predicted molar refractivity (Wildman–Crippen MR) is 65.2 cm³/mol. The number of halogens is 1. The summed E-state index contributed by atoms with van der Waals surface area (Å²) in [5.41, 5.74) is -1.09. The van der Waals surface area contributed by atoms with Crippen LogP contribution in [0.3, 0.4) is 0 Å². The second-order valence-corrected chi connectivity index (χ2v) is 4.79. The highest BCUT2D eigenvalue weighted by Gasteiger charge is 2.39. The van der Waals surface area contributed by atoms with E-state index in [2.05, 4.69) is 5.32 Å². The number of amides is 1. The minimum atomic E-state index is -1.31. The fraction of sp³-hybridized carbons (Fsp3) is 0.417. The van der Waals surface area contributed by atoms with Crippen molar-refractivity contribution >= 4 is 23.2 Å². The molecule has 0 aliphatic heterocycles. The van der Waals surface area contributed by atoms with Crippen molar-refractivity contribution in [3.05, 3.63) is 23.2 Å². The van der Waals surface area contributed by atoms with Crippen LogP contribution in [0.5, 0.6) is 5.75 Å². The van der Waals surface area contributed by atoms with Crippen molar-refractivity contribution in [1.82, 2.24) is 0 Å². The van der Waals surface area contributed by atoms with Gasteiger partial charge in [-0.1, -0.05) is 11.6 Å². The maximum atomic E-state index is 11.9. The number of phenolic OH excluding ortho intramolecular Hbond substituents is 1. The number of anilines is 1. The molecular weight excluding hydrogens is 242 g/mol. The van der Waals surface area contributed by atoms with Crippen LogP contribution in [-0.4, -0.2) is 21.7 Å². The minimum absolute atomic E-state index is 0.0654. The van der Waals surface area contributed by atoms with Gasteiger partial charge in [-0.3, -0.25) is 4.79 Å². The number of hydrogen-bond acceptors (Lipinski definition) is 3. The zero-order chi connectivity index (χ0) is 12.5. The van der Waals surface area contributed by atoms with Gasteiger partial charge in [0.25, 0.3) is 5.91 Å². The van der Waals surface area contributed by atoms with E-state index in [0.717, 1.165) is 12.8 Å². The van der Waals surface area contributed by atoms with Gasteiger partial charge in [0.05, 0.1) is 5.69 Å². The molecule has 0 atom stereocenters. The zero-order valence-corrected chi connectivity index (χ0v) is 10.00. The maximum Gasteiger partial charge on any atom is 0.256 e. The molecule has 1 saturated carbocycles. The Morgan fingerprint density at radius 2 is 2.00 bits per heavy atom. The van der Waals surface area contributed by atoms with Gasteiger partial charge in [-0.2, -0.15) is 0 Å². The molecule has 1 fully saturated rings.